The first-order chi connectivity index (χ1) is 9.99. The number of thiazole rings is 1. The van der Waals surface area contributed by atoms with Gasteiger partial charge in [-0.3, -0.25) is 0 Å². The zero-order valence-corrected chi connectivity index (χ0v) is 14.8. The van der Waals surface area contributed by atoms with Gasteiger partial charge in [0.1, 0.15) is 0 Å². The Bertz CT molecular complexity index is 419. The van der Waals surface area contributed by atoms with Gasteiger partial charge in [-0.25, -0.2) is 4.98 Å². The third kappa shape index (κ3) is 5.35. The molecule has 0 aliphatic carbocycles. The topological polar surface area (TPSA) is 34.2 Å². The van der Waals surface area contributed by atoms with Crippen LogP contribution in [0.15, 0.2) is 5.38 Å². The van der Waals surface area contributed by atoms with E-state index in [0.717, 1.165) is 26.0 Å². The minimum Gasteiger partial charge on any atom is -0.378 e. The molecule has 120 valence electrons. The number of nitrogens with zero attached hydrogens (tertiary/aromatic N) is 1. The minimum atomic E-state index is 0.148. The molecular formula is C17H30N2OS. The van der Waals surface area contributed by atoms with Gasteiger partial charge < -0.3 is 10.1 Å². The number of likely N-dealkylation sites (N-methyl/N-ethyl adjacent to an activating group) is 1. The maximum Gasteiger partial charge on any atom is 0.0944 e. The second-order valence-corrected chi connectivity index (χ2v) is 8.00. The van der Waals surface area contributed by atoms with Gasteiger partial charge in [0.15, 0.2) is 0 Å². The van der Waals surface area contributed by atoms with Crippen LogP contribution >= 0.6 is 11.3 Å². The molecule has 1 saturated heterocycles. The van der Waals surface area contributed by atoms with Crippen LogP contribution in [-0.4, -0.2) is 30.3 Å². The fourth-order valence-corrected chi connectivity index (χ4v) is 3.90. The first kappa shape index (κ1) is 16.9. The molecule has 1 aromatic heterocycles. The molecule has 0 aromatic carbocycles. The van der Waals surface area contributed by atoms with Gasteiger partial charge in [-0.15, -0.1) is 11.3 Å². The molecule has 1 fully saturated rings. The molecule has 0 radical (unpaired) electrons. The number of nitrogens with one attached hydrogen (secondary N) is 1. The Morgan fingerprint density at radius 1 is 1.43 bits per heavy atom. The van der Waals surface area contributed by atoms with Crippen LogP contribution in [0.4, 0.5) is 0 Å². The van der Waals surface area contributed by atoms with Crippen molar-refractivity contribution in [3.63, 3.8) is 0 Å². The van der Waals surface area contributed by atoms with Crippen LogP contribution < -0.4 is 5.32 Å². The molecule has 3 nitrogen and oxygen atoms in total. The first-order valence-corrected chi connectivity index (χ1v) is 9.17. The van der Waals surface area contributed by atoms with E-state index in [2.05, 4.69) is 38.4 Å². The number of ether oxygens (including phenoxy) is 1. The lowest BCUT2D eigenvalue weighted by atomic mass is 9.93. The molecule has 2 unspecified atom stereocenters. The van der Waals surface area contributed by atoms with E-state index >= 15 is 0 Å². The van der Waals surface area contributed by atoms with E-state index in [0.29, 0.717) is 12.1 Å². The maximum atomic E-state index is 5.89. The highest BCUT2D eigenvalue weighted by Crippen LogP contribution is 2.25. The summed E-state index contributed by atoms with van der Waals surface area (Å²) in [5, 5.41) is 7.08. The van der Waals surface area contributed by atoms with Crippen LogP contribution in [0.1, 0.15) is 64.1 Å². The van der Waals surface area contributed by atoms with Gasteiger partial charge in [-0.05, 0) is 32.2 Å². The fourth-order valence-electron chi connectivity index (χ4n) is 2.80. The van der Waals surface area contributed by atoms with E-state index in [9.17, 15) is 0 Å². The Kier molecular flexibility index (Phi) is 6.20. The summed E-state index contributed by atoms with van der Waals surface area (Å²) in [6.07, 6.45) is 6.32. The van der Waals surface area contributed by atoms with Crippen molar-refractivity contribution in [3.8, 4) is 0 Å². The molecule has 1 aromatic rings. The first-order valence-electron chi connectivity index (χ1n) is 8.29. The normalized spacial score (nSPS) is 21.4. The van der Waals surface area contributed by atoms with E-state index in [1.165, 1.54) is 30.0 Å². The van der Waals surface area contributed by atoms with Crippen molar-refractivity contribution in [1.29, 1.82) is 0 Å². The van der Waals surface area contributed by atoms with Crippen molar-refractivity contribution >= 4 is 11.3 Å². The van der Waals surface area contributed by atoms with Crippen LogP contribution in [0.2, 0.25) is 0 Å². The van der Waals surface area contributed by atoms with Crippen molar-refractivity contribution in [2.24, 2.45) is 0 Å². The predicted octanol–water partition coefficient (Wildman–Crippen LogP) is 3.92. The third-order valence-electron chi connectivity index (χ3n) is 4.06. The summed E-state index contributed by atoms with van der Waals surface area (Å²) < 4.78 is 5.89. The summed E-state index contributed by atoms with van der Waals surface area (Å²) in [6.45, 7) is 10.8. The maximum absolute atomic E-state index is 5.89. The zero-order valence-electron chi connectivity index (χ0n) is 13.9. The van der Waals surface area contributed by atoms with Crippen LogP contribution in [0.25, 0.3) is 0 Å². The molecule has 0 saturated carbocycles. The Morgan fingerprint density at radius 2 is 2.24 bits per heavy atom. The van der Waals surface area contributed by atoms with E-state index in [4.69, 9.17) is 9.72 Å². The summed E-state index contributed by atoms with van der Waals surface area (Å²) in [6, 6.07) is 0.483. The average Bonchev–Trinajstić information content (AvgIpc) is 2.89. The Hall–Kier alpha value is -0.450. The largest absolute Gasteiger partial charge is 0.378 e. The third-order valence-corrected chi connectivity index (χ3v) is 4.93. The summed E-state index contributed by atoms with van der Waals surface area (Å²) in [5.74, 6) is 0. The molecule has 4 heteroatoms. The Labute approximate surface area is 133 Å². The Balaban J connectivity index is 1.93. The van der Waals surface area contributed by atoms with E-state index in [-0.39, 0.29) is 5.41 Å². The van der Waals surface area contributed by atoms with Gasteiger partial charge in [0.2, 0.25) is 0 Å². The molecule has 2 atom stereocenters. The van der Waals surface area contributed by atoms with Crippen molar-refractivity contribution in [2.45, 2.75) is 77.4 Å². The second kappa shape index (κ2) is 7.70. The van der Waals surface area contributed by atoms with Crippen molar-refractivity contribution in [3.05, 3.63) is 16.1 Å². The summed E-state index contributed by atoms with van der Waals surface area (Å²) >= 11 is 1.80. The second-order valence-electron chi connectivity index (χ2n) is 7.06. The molecule has 2 heterocycles. The lowest BCUT2D eigenvalue weighted by Crippen LogP contribution is -2.36. The number of aromatic nitrogens is 1. The van der Waals surface area contributed by atoms with Gasteiger partial charge in [-0.2, -0.15) is 0 Å². The van der Waals surface area contributed by atoms with E-state index in [1.807, 2.05) is 0 Å². The minimum absolute atomic E-state index is 0.148. The van der Waals surface area contributed by atoms with Crippen LogP contribution in [-0.2, 0) is 16.6 Å². The van der Waals surface area contributed by atoms with Gasteiger partial charge >= 0.3 is 0 Å². The molecule has 21 heavy (non-hydrogen) atoms. The standard InChI is InChI=1S/C17H30N2OS/c1-5-18-13(10-14-8-6-7-9-20-14)11-16-19-15(12-21-16)17(2,3)4/h12-14,18H,5-11H2,1-4H3. The SMILES string of the molecule is CCNC(Cc1nc(C(C)(C)C)cs1)CC1CCCCO1. The highest BCUT2D eigenvalue weighted by molar-refractivity contribution is 7.09. The van der Waals surface area contributed by atoms with Gasteiger partial charge in [-0.1, -0.05) is 27.7 Å². The van der Waals surface area contributed by atoms with Crippen LogP contribution in [0, 0.1) is 0 Å². The van der Waals surface area contributed by atoms with Crippen LogP contribution in [0.5, 0.6) is 0 Å². The zero-order chi connectivity index (χ0) is 15.3. The van der Waals surface area contributed by atoms with Gasteiger partial charge in [0.05, 0.1) is 16.8 Å². The summed E-state index contributed by atoms with van der Waals surface area (Å²) in [5.41, 5.74) is 1.36. The lowest BCUT2D eigenvalue weighted by molar-refractivity contribution is 0.00534. The van der Waals surface area contributed by atoms with Crippen LogP contribution in [0.3, 0.4) is 0 Å². The number of hydrogen-bond acceptors (Lipinski definition) is 4. The number of rotatable bonds is 6. The molecule has 1 aliphatic heterocycles. The summed E-state index contributed by atoms with van der Waals surface area (Å²) in [7, 11) is 0. The van der Waals surface area contributed by atoms with E-state index in [1.54, 1.807) is 11.3 Å². The monoisotopic (exact) mass is 310 g/mol. The van der Waals surface area contributed by atoms with Crippen molar-refractivity contribution in [1.82, 2.24) is 10.3 Å². The van der Waals surface area contributed by atoms with Crippen molar-refractivity contribution < 1.29 is 4.74 Å². The van der Waals surface area contributed by atoms with E-state index < -0.39 is 0 Å². The molecule has 2 rings (SSSR count). The quantitative estimate of drug-likeness (QED) is 0.864. The smallest absolute Gasteiger partial charge is 0.0944 e. The highest BCUT2D eigenvalue weighted by atomic mass is 32.1. The van der Waals surface area contributed by atoms with Crippen molar-refractivity contribution in [2.75, 3.05) is 13.2 Å². The van der Waals surface area contributed by atoms with Gasteiger partial charge in [0, 0.05) is 29.9 Å². The molecule has 0 spiro atoms. The fraction of sp³-hybridized carbons (Fsp3) is 0.824. The van der Waals surface area contributed by atoms with Gasteiger partial charge in [0.25, 0.3) is 0 Å². The lowest BCUT2D eigenvalue weighted by Gasteiger charge is -2.27. The molecule has 0 bridgehead atoms. The predicted molar refractivity (Wildman–Crippen MR) is 90.2 cm³/mol. The number of hydrogen-bond donors (Lipinski definition) is 1. The molecule has 1 N–H and O–H groups in total. The Morgan fingerprint density at radius 3 is 2.81 bits per heavy atom. The summed E-state index contributed by atoms with van der Waals surface area (Å²) in [4.78, 5) is 4.83. The average molecular weight is 311 g/mol. The molecular weight excluding hydrogens is 280 g/mol. The highest BCUT2D eigenvalue weighted by Gasteiger charge is 2.22. The molecule has 1 aliphatic rings. The molecule has 0 amide bonds.